The fourth-order valence-electron chi connectivity index (χ4n) is 1.56. The summed E-state index contributed by atoms with van der Waals surface area (Å²) in [5.41, 5.74) is 1.49. The lowest BCUT2D eigenvalue weighted by Gasteiger charge is -2.22. The molecule has 0 radical (unpaired) electrons. The molecule has 1 aromatic rings. The van der Waals surface area contributed by atoms with Gasteiger partial charge in [-0.3, -0.25) is 4.21 Å². The Hall–Kier alpha value is -0.350. The first-order valence-corrected chi connectivity index (χ1v) is 7.55. The molecule has 0 saturated heterocycles. The molecule has 1 aromatic carbocycles. The van der Waals surface area contributed by atoms with E-state index in [2.05, 4.69) is 15.9 Å². The van der Waals surface area contributed by atoms with Crippen molar-refractivity contribution < 1.29 is 9.32 Å². The fourth-order valence-corrected chi connectivity index (χ4v) is 2.72. The molecule has 0 bridgehead atoms. The summed E-state index contributed by atoms with van der Waals surface area (Å²) in [6.45, 7) is 6.13. The minimum absolute atomic E-state index is 0.127. The molecule has 0 amide bonds. The Morgan fingerprint density at radius 3 is 2.38 bits per heavy atom. The summed E-state index contributed by atoms with van der Waals surface area (Å²) in [6.07, 6.45) is 1.64. The van der Waals surface area contributed by atoms with Crippen molar-refractivity contribution in [1.29, 1.82) is 0 Å². The Morgan fingerprint density at radius 2 is 1.94 bits per heavy atom. The number of phenols is 1. The Morgan fingerprint density at radius 1 is 1.38 bits per heavy atom. The normalized spacial score (nSPS) is 13.8. The minimum atomic E-state index is -0.951. The second kappa shape index (κ2) is 4.88. The van der Waals surface area contributed by atoms with Crippen LogP contribution in [0.1, 0.15) is 31.9 Å². The van der Waals surface area contributed by atoms with Gasteiger partial charge in [0.05, 0.1) is 5.75 Å². The average molecular weight is 305 g/mol. The van der Waals surface area contributed by atoms with Gasteiger partial charge < -0.3 is 5.11 Å². The molecule has 1 unspecified atom stereocenters. The van der Waals surface area contributed by atoms with Crippen molar-refractivity contribution in [2.24, 2.45) is 0 Å². The Bertz CT molecular complexity index is 422. The second-order valence-corrected chi connectivity index (χ2v) is 7.28. The Balaban J connectivity index is 3.32. The van der Waals surface area contributed by atoms with Gasteiger partial charge in [-0.05, 0) is 17.5 Å². The third kappa shape index (κ3) is 3.32. The maximum atomic E-state index is 11.2. The zero-order chi connectivity index (χ0) is 12.5. The van der Waals surface area contributed by atoms with Gasteiger partial charge in [-0.25, -0.2) is 0 Å². The highest BCUT2D eigenvalue weighted by Gasteiger charge is 2.21. The lowest BCUT2D eigenvalue weighted by molar-refractivity contribution is 0.442. The van der Waals surface area contributed by atoms with Gasteiger partial charge in [0.15, 0.2) is 0 Å². The summed E-state index contributed by atoms with van der Waals surface area (Å²) in [5.74, 6) is 0.653. The smallest absolute Gasteiger partial charge is 0.123 e. The van der Waals surface area contributed by atoms with Gasteiger partial charge in [0.2, 0.25) is 0 Å². The van der Waals surface area contributed by atoms with Crippen molar-refractivity contribution in [2.75, 3.05) is 6.26 Å². The van der Waals surface area contributed by atoms with Crippen LogP contribution in [0, 0.1) is 0 Å². The maximum absolute atomic E-state index is 11.2. The van der Waals surface area contributed by atoms with Crippen LogP contribution in [-0.2, 0) is 22.0 Å². The summed E-state index contributed by atoms with van der Waals surface area (Å²) in [5, 5.41) is 10.1. The molecule has 0 fully saturated rings. The third-order valence-corrected chi connectivity index (χ3v) is 3.50. The van der Waals surface area contributed by atoms with E-state index in [0.717, 1.165) is 15.6 Å². The molecule has 4 heteroatoms. The number of rotatable bonds is 2. The number of phenolic OH excluding ortho intramolecular Hbond substituents is 1. The van der Waals surface area contributed by atoms with Gasteiger partial charge in [-0.2, -0.15) is 0 Å². The molecule has 1 N–H and O–H groups in total. The quantitative estimate of drug-likeness (QED) is 0.910. The SMILES string of the molecule is CS(=O)Cc1cc(Br)cc(C(C)(C)C)c1O. The van der Waals surface area contributed by atoms with E-state index in [1.54, 1.807) is 6.26 Å². The highest BCUT2D eigenvalue weighted by atomic mass is 79.9. The van der Waals surface area contributed by atoms with E-state index in [-0.39, 0.29) is 11.2 Å². The van der Waals surface area contributed by atoms with Gasteiger partial charge in [0, 0.05) is 32.7 Å². The van der Waals surface area contributed by atoms with Crippen LogP contribution in [0.2, 0.25) is 0 Å². The molecule has 0 heterocycles. The number of hydrogen-bond acceptors (Lipinski definition) is 2. The number of halogens is 1. The molecule has 0 aromatic heterocycles. The van der Waals surface area contributed by atoms with Crippen molar-refractivity contribution in [1.82, 2.24) is 0 Å². The van der Waals surface area contributed by atoms with Crippen LogP contribution in [-0.4, -0.2) is 15.6 Å². The molecule has 0 aliphatic rings. The lowest BCUT2D eigenvalue weighted by atomic mass is 9.85. The summed E-state index contributed by atoms with van der Waals surface area (Å²) >= 11 is 3.42. The molecular formula is C12H17BrO2S. The van der Waals surface area contributed by atoms with Gasteiger partial charge in [-0.1, -0.05) is 36.7 Å². The molecule has 0 aliphatic heterocycles. The van der Waals surface area contributed by atoms with E-state index in [4.69, 9.17) is 0 Å². The van der Waals surface area contributed by atoms with E-state index in [1.165, 1.54) is 0 Å². The zero-order valence-corrected chi connectivity index (χ0v) is 12.4. The minimum Gasteiger partial charge on any atom is -0.507 e. The van der Waals surface area contributed by atoms with Crippen LogP contribution >= 0.6 is 15.9 Å². The largest absolute Gasteiger partial charge is 0.507 e. The van der Waals surface area contributed by atoms with Crippen molar-refractivity contribution in [2.45, 2.75) is 31.9 Å². The van der Waals surface area contributed by atoms with Crippen molar-refractivity contribution >= 4 is 26.7 Å². The molecule has 2 nitrogen and oxygen atoms in total. The van der Waals surface area contributed by atoms with E-state index >= 15 is 0 Å². The predicted octanol–water partition coefficient (Wildman–Crippen LogP) is 3.33. The topological polar surface area (TPSA) is 37.3 Å². The summed E-state index contributed by atoms with van der Waals surface area (Å²) in [7, 11) is -0.951. The molecule has 90 valence electrons. The van der Waals surface area contributed by atoms with Crippen LogP contribution < -0.4 is 0 Å². The van der Waals surface area contributed by atoms with E-state index < -0.39 is 10.8 Å². The van der Waals surface area contributed by atoms with Crippen LogP contribution in [0.25, 0.3) is 0 Å². The van der Waals surface area contributed by atoms with Crippen molar-refractivity contribution in [3.63, 3.8) is 0 Å². The first kappa shape index (κ1) is 13.7. The summed E-state index contributed by atoms with van der Waals surface area (Å²) in [6, 6.07) is 3.74. The lowest BCUT2D eigenvalue weighted by Crippen LogP contribution is -2.12. The van der Waals surface area contributed by atoms with E-state index in [1.807, 2.05) is 32.9 Å². The molecule has 0 aliphatic carbocycles. The third-order valence-electron chi connectivity index (χ3n) is 2.32. The molecule has 1 rings (SSSR count). The van der Waals surface area contributed by atoms with E-state index in [9.17, 15) is 9.32 Å². The van der Waals surface area contributed by atoms with E-state index in [0.29, 0.717) is 5.75 Å². The van der Waals surface area contributed by atoms with Crippen LogP contribution in [0.3, 0.4) is 0 Å². The van der Waals surface area contributed by atoms with Gasteiger partial charge >= 0.3 is 0 Å². The van der Waals surface area contributed by atoms with Gasteiger partial charge in [-0.15, -0.1) is 0 Å². The predicted molar refractivity (Wildman–Crippen MR) is 72.3 cm³/mol. The summed E-state index contributed by atoms with van der Waals surface area (Å²) in [4.78, 5) is 0. The van der Waals surface area contributed by atoms with Crippen LogP contribution in [0.5, 0.6) is 5.75 Å². The molecule has 16 heavy (non-hydrogen) atoms. The monoisotopic (exact) mass is 304 g/mol. The highest BCUT2D eigenvalue weighted by molar-refractivity contribution is 9.10. The summed E-state index contributed by atoms with van der Waals surface area (Å²) < 4.78 is 12.1. The number of aromatic hydroxyl groups is 1. The number of hydrogen-bond donors (Lipinski definition) is 1. The molecule has 0 saturated carbocycles. The molecule has 1 atom stereocenters. The second-order valence-electron chi connectivity index (χ2n) is 4.93. The first-order valence-electron chi connectivity index (χ1n) is 5.03. The van der Waals surface area contributed by atoms with Crippen molar-refractivity contribution in [3.8, 4) is 5.75 Å². The zero-order valence-electron chi connectivity index (χ0n) is 10.0. The Labute approximate surface area is 108 Å². The molecular weight excluding hydrogens is 288 g/mol. The average Bonchev–Trinajstić information content (AvgIpc) is 2.07. The van der Waals surface area contributed by atoms with Gasteiger partial charge in [0.1, 0.15) is 5.75 Å². The first-order chi connectivity index (χ1) is 7.21. The standard InChI is InChI=1S/C12H17BrO2S/c1-12(2,3)10-6-9(13)5-8(11(10)14)7-16(4)15/h5-6,14H,7H2,1-4H3. The van der Waals surface area contributed by atoms with Crippen LogP contribution in [0.4, 0.5) is 0 Å². The molecule has 0 spiro atoms. The maximum Gasteiger partial charge on any atom is 0.123 e. The Kier molecular flexibility index (Phi) is 4.18. The van der Waals surface area contributed by atoms with Crippen LogP contribution in [0.15, 0.2) is 16.6 Å². The number of benzene rings is 1. The fraction of sp³-hybridized carbons (Fsp3) is 0.500. The van der Waals surface area contributed by atoms with Crippen molar-refractivity contribution in [3.05, 3.63) is 27.7 Å². The van der Waals surface area contributed by atoms with Gasteiger partial charge in [0.25, 0.3) is 0 Å². The highest BCUT2D eigenvalue weighted by Crippen LogP contribution is 2.36.